The summed E-state index contributed by atoms with van der Waals surface area (Å²) in [6, 6.07) is 4.03. The lowest BCUT2D eigenvalue weighted by Gasteiger charge is -2.42. The number of piperazine rings is 1. The van der Waals surface area contributed by atoms with Crippen molar-refractivity contribution < 1.29 is 8.78 Å². The van der Waals surface area contributed by atoms with Crippen molar-refractivity contribution in [3.05, 3.63) is 35.4 Å². The van der Waals surface area contributed by atoms with Gasteiger partial charge in [-0.05, 0) is 26.0 Å². The zero-order valence-corrected chi connectivity index (χ0v) is 10.3. The molecule has 17 heavy (non-hydrogen) atoms. The summed E-state index contributed by atoms with van der Waals surface area (Å²) in [5.74, 6) is -0.918. The van der Waals surface area contributed by atoms with Gasteiger partial charge in [-0.1, -0.05) is 6.07 Å². The number of nitrogens with one attached hydrogen (secondary N) is 1. The molecule has 0 aromatic heterocycles. The third-order valence-corrected chi connectivity index (χ3v) is 3.38. The van der Waals surface area contributed by atoms with E-state index < -0.39 is 11.6 Å². The molecule has 1 aliphatic heterocycles. The molecule has 0 spiro atoms. The van der Waals surface area contributed by atoms with Crippen LogP contribution in [0.4, 0.5) is 8.78 Å². The average molecular weight is 240 g/mol. The number of hydrogen-bond donors (Lipinski definition) is 1. The number of rotatable bonds is 2. The predicted octanol–water partition coefficient (Wildman–Crippen LogP) is 2.15. The van der Waals surface area contributed by atoms with E-state index in [1.165, 1.54) is 18.2 Å². The second-order valence-corrected chi connectivity index (χ2v) is 5.11. The summed E-state index contributed by atoms with van der Waals surface area (Å²) in [4.78, 5) is 2.12. The summed E-state index contributed by atoms with van der Waals surface area (Å²) in [5.41, 5.74) is 0.0925. The minimum atomic E-state index is -0.459. The van der Waals surface area contributed by atoms with Crippen molar-refractivity contribution in [3.63, 3.8) is 0 Å². The highest BCUT2D eigenvalue weighted by molar-refractivity contribution is 5.20. The zero-order valence-electron chi connectivity index (χ0n) is 10.3. The van der Waals surface area contributed by atoms with Crippen LogP contribution in [0, 0.1) is 11.6 Å². The molecular weight excluding hydrogens is 222 g/mol. The fourth-order valence-corrected chi connectivity index (χ4v) is 2.19. The minimum Gasteiger partial charge on any atom is -0.314 e. The van der Waals surface area contributed by atoms with Crippen LogP contribution in [0.5, 0.6) is 0 Å². The van der Waals surface area contributed by atoms with E-state index in [-0.39, 0.29) is 11.1 Å². The maximum atomic E-state index is 13.6. The van der Waals surface area contributed by atoms with Crippen molar-refractivity contribution in [1.82, 2.24) is 10.2 Å². The van der Waals surface area contributed by atoms with Gasteiger partial charge >= 0.3 is 0 Å². The van der Waals surface area contributed by atoms with Crippen LogP contribution in [-0.2, 0) is 6.54 Å². The molecule has 0 amide bonds. The Hall–Kier alpha value is -1.00. The first-order valence-electron chi connectivity index (χ1n) is 5.89. The smallest absolute Gasteiger partial charge is 0.130 e. The first-order chi connectivity index (χ1) is 8.00. The summed E-state index contributed by atoms with van der Waals surface area (Å²) in [6.07, 6.45) is 0. The molecular formula is C13H18F2N2. The average Bonchev–Trinajstić information content (AvgIpc) is 2.25. The first-order valence-corrected chi connectivity index (χ1v) is 5.89. The van der Waals surface area contributed by atoms with E-state index in [1.807, 2.05) is 0 Å². The third-order valence-electron chi connectivity index (χ3n) is 3.38. The molecule has 4 heteroatoms. The molecule has 2 rings (SSSR count). The van der Waals surface area contributed by atoms with Crippen molar-refractivity contribution >= 4 is 0 Å². The van der Waals surface area contributed by atoms with Gasteiger partial charge in [-0.25, -0.2) is 8.78 Å². The van der Waals surface area contributed by atoms with Gasteiger partial charge < -0.3 is 5.32 Å². The van der Waals surface area contributed by atoms with Gasteiger partial charge in [-0.2, -0.15) is 0 Å². The summed E-state index contributed by atoms with van der Waals surface area (Å²) < 4.78 is 27.1. The first kappa shape index (κ1) is 12.5. The molecule has 1 aromatic carbocycles. The largest absolute Gasteiger partial charge is 0.314 e. The van der Waals surface area contributed by atoms with Crippen LogP contribution in [0.1, 0.15) is 19.4 Å². The molecule has 1 aliphatic rings. The molecule has 1 heterocycles. The molecule has 94 valence electrons. The Labute approximate surface area is 101 Å². The monoisotopic (exact) mass is 240 g/mol. The lowest BCUT2D eigenvalue weighted by Crippen LogP contribution is -2.57. The van der Waals surface area contributed by atoms with E-state index in [9.17, 15) is 8.78 Å². The Morgan fingerprint density at radius 1 is 1.29 bits per heavy atom. The van der Waals surface area contributed by atoms with Gasteiger partial charge in [0.15, 0.2) is 0 Å². The van der Waals surface area contributed by atoms with Crippen molar-refractivity contribution in [1.29, 1.82) is 0 Å². The Morgan fingerprint density at radius 3 is 2.53 bits per heavy atom. The van der Waals surface area contributed by atoms with Crippen LogP contribution in [0.25, 0.3) is 0 Å². The highest BCUT2D eigenvalue weighted by Gasteiger charge is 2.30. The molecule has 0 radical (unpaired) electrons. The number of benzene rings is 1. The standard InChI is InChI=1S/C13H18F2N2/c1-13(2)9-16-6-7-17(13)8-10-11(14)4-3-5-12(10)15/h3-5,16H,6-9H2,1-2H3. The quantitative estimate of drug-likeness (QED) is 0.852. The summed E-state index contributed by atoms with van der Waals surface area (Å²) >= 11 is 0. The second kappa shape index (κ2) is 4.70. The van der Waals surface area contributed by atoms with Crippen molar-refractivity contribution in [2.45, 2.75) is 25.9 Å². The van der Waals surface area contributed by atoms with Gasteiger partial charge in [-0.15, -0.1) is 0 Å². The SMILES string of the molecule is CC1(C)CNCCN1Cc1c(F)cccc1F. The molecule has 1 fully saturated rings. The molecule has 0 atom stereocenters. The highest BCUT2D eigenvalue weighted by atomic mass is 19.1. The minimum absolute atomic E-state index is 0.0764. The van der Waals surface area contributed by atoms with Crippen LogP contribution in [0.15, 0.2) is 18.2 Å². The van der Waals surface area contributed by atoms with Crippen molar-refractivity contribution in [2.75, 3.05) is 19.6 Å². The fourth-order valence-electron chi connectivity index (χ4n) is 2.19. The van der Waals surface area contributed by atoms with Gasteiger partial charge in [0.25, 0.3) is 0 Å². The zero-order chi connectivity index (χ0) is 12.5. The number of hydrogen-bond acceptors (Lipinski definition) is 2. The van der Waals surface area contributed by atoms with Crippen LogP contribution < -0.4 is 5.32 Å². The maximum Gasteiger partial charge on any atom is 0.130 e. The fraction of sp³-hybridized carbons (Fsp3) is 0.538. The summed E-state index contributed by atoms with van der Waals surface area (Å²) in [7, 11) is 0. The van der Waals surface area contributed by atoms with Gasteiger partial charge in [0.05, 0.1) is 0 Å². The predicted molar refractivity (Wildman–Crippen MR) is 63.7 cm³/mol. The van der Waals surface area contributed by atoms with Gasteiger partial charge in [0.1, 0.15) is 11.6 Å². The van der Waals surface area contributed by atoms with Crippen molar-refractivity contribution in [2.24, 2.45) is 0 Å². The highest BCUT2D eigenvalue weighted by Crippen LogP contribution is 2.22. The van der Waals surface area contributed by atoms with Crippen LogP contribution in [0.3, 0.4) is 0 Å². The number of nitrogens with zero attached hydrogens (tertiary/aromatic N) is 1. The van der Waals surface area contributed by atoms with E-state index in [0.29, 0.717) is 6.54 Å². The van der Waals surface area contributed by atoms with Crippen LogP contribution in [-0.4, -0.2) is 30.1 Å². The van der Waals surface area contributed by atoms with Crippen LogP contribution in [0.2, 0.25) is 0 Å². The van der Waals surface area contributed by atoms with E-state index in [1.54, 1.807) is 0 Å². The lowest BCUT2D eigenvalue weighted by atomic mass is 9.99. The van der Waals surface area contributed by atoms with Gasteiger partial charge in [-0.3, -0.25) is 4.90 Å². The molecule has 2 nitrogen and oxygen atoms in total. The lowest BCUT2D eigenvalue weighted by molar-refractivity contribution is 0.0803. The Bertz CT molecular complexity index is 384. The maximum absolute atomic E-state index is 13.6. The molecule has 0 unspecified atom stereocenters. The number of halogens is 2. The van der Waals surface area contributed by atoms with Crippen molar-refractivity contribution in [3.8, 4) is 0 Å². The Morgan fingerprint density at radius 2 is 1.94 bits per heavy atom. The Balaban J connectivity index is 2.20. The normalized spacial score (nSPS) is 20.5. The Kier molecular flexibility index (Phi) is 3.45. The summed E-state index contributed by atoms with van der Waals surface area (Å²) in [6.45, 7) is 6.99. The molecule has 0 aliphatic carbocycles. The molecule has 0 saturated carbocycles. The molecule has 1 saturated heterocycles. The van der Waals surface area contributed by atoms with E-state index in [2.05, 4.69) is 24.1 Å². The van der Waals surface area contributed by atoms with E-state index in [4.69, 9.17) is 0 Å². The van der Waals surface area contributed by atoms with E-state index in [0.717, 1.165) is 19.6 Å². The third kappa shape index (κ3) is 2.64. The molecule has 0 bridgehead atoms. The second-order valence-electron chi connectivity index (χ2n) is 5.11. The topological polar surface area (TPSA) is 15.3 Å². The molecule has 1 aromatic rings. The molecule has 1 N–H and O–H groups in total. The van der Waals surface area contributed by atoms with Crippen LogP contribution >= 0.6 is 0 Å². The van der Waals surface area contributed by atoms with E-state index >= 15 is 0 Å². The van der Waals surface area contributed by atoms with Gasteiger partial charge in [0, 0.05) is 37.3 Å². The van der Waals surface area contributed by atoms with Gasteiger partial charge in [0.2, 0.25) is 0 Å². The summed E-state index contributed by atoms with van der Waals surface area (Å²) in [5, 5.41) is 3.29.